The number of rotatable bonds is 4. The number of nitrogens with zero attached hydrogens (tertiary/aromatic N) is 3. The molecule has 0 saturated carbocycles. The summed E-state index contributed by atoms with van der Waals surface area (Å²) >= 11 is 0. The molecule has 1 aliphatic rings. The molecular formula is C16H18N4O5S. The monoisotopic (exact) mass is 378 g/mol. The molecule has 0 radical (unpaired) electrons. The molecule has 2 N–H and O–H groups in total. The number of hydrogen-bond acceptors (Lipinski definition) is 5. The number of nitrogens with one attached hydrogen (secondary N) is 1. The van der Waals surface area contributed by atoms with E-state index in [1.807, 2.05) is 0 Å². The number of aryl methyl sites for hydroxylation is 1. The number of carbonyl (C=O) groups is 2. The van der Waals surface area contributed by atoms with Crippen molar-refractivity contribution in [3.63, 3.8) is 0 Å². The predicted octanol–water partition coefficient (Wildman–Crippen LogP) is 0.824. The van der Waals surface area contributed by atoms with Crippen LogP contribution in [0.4, 0.5) is 5.69 Å². The molecule has 0 aliphatic carbocycles. The Bertz CT molecular complexity index is 979. The number of fused-ring (bicyclic) bond motifs is 1. The molecule has 2 heterocycles. The third-order valence-electron chi connectivity index (χ3n) is 4.18. The molecule has 0 unspecified atom stereocenters. The van der Waals surface area contributed by atoms with Crippen LogP contribution in [0, 0.1) is 0 Å². The predicted molar refractivity (Wildman–Crippen MR) is 92.2 cm³/mol. The lowest BCUT2D eigenvalue weighted by molar-refractivity contribution is -0.114. The summed E-state index contributed by atoms with van der Waals surface area (Å²) in [6.45, 7) is 1.54. The minimum atomic E-state index is -3.79. The van der Waals surface area contributed by atoms with Crippen molar-refractivity contribution >= 4 is 27.6 Å². The Morgan fingerprint density at radius 2 is 1.88 bits per heavy atom. The van der Waals surface area contributed by atoms with Crippen LogP contribution in [0.5, 0.6) is 0 Å². The molecule has 0 bridgehead atoms. The van der Waals surface area contributed by atoms with E-state index >= 15 is 0 Å². The van der Waals surface area contributed by atoms with Crippen LogP contribution in [-0.4, -0.2) is 46.0 Å². The van der Waals surface area contributed by atoms with Crippen LogP contribution >= 0.6 is 0 Å². The van der Waals surface area contributed by atoms with E-state index in [1.165, 1.54) is 47.2 Å². The Balaban J connectivity index is 1.89. The number of amides is 1. The average Bonchev–Trinajstić information content (AvgIpc) is 2.89. The Labute approximate surface area is 150 Å². The van der Waals surface area contributed by atoms with Crippen LogP contribution in [0.2, 0.25) is 0 Å². The normalized spacial score (nSPS) is 14.7. The van der Waals surface area contributed by atoms with Crippen molar-refractivity contribution in [3.8, 4) is 0 Å². The van der Waals surface area contributed by atoms with Crippen molar-refractivity contribution in [1.29, 1.82) is 0 Å². The van der Waals surface area contributed by atoms with Gasteiger partial charge in [-0.1, -0.05) is 0 Å². The second-order valence-corrected chi connectivity index (χ2v) is 7.93. The molecule has 9 nitrogen and oxygen atoms in total. The lowest BCUT2D eigenvalue weighted by atomic mass is 10.1. The molecule has 26 heavy (non-hydrogen) atoms. The maximum atomic E-state index is 12.9. The molecule has 1 aromatic carbocycles. The van der Waals surface area contributed by atoms with Gasteiger partial charge in [-0.15, -0.1) is 0 Å². The molecule has 1 amide bonds. The molecule has 10 heteroatoms. The number of hydrogen-bond donors (Lipinski definition) is 2. The zero-order valence-electron chi connectivity index (χ0n) is 14.3. The number of aromatic nitrogens is 2. The molecule has 3 rings (SSSR count). The third-order valence-corrected chi connectivity index (χ3v) is 6.04. The Morgan fingerprint density at radius 1 is 1.23 bits per heavy atom. The first-order valence-corrected chi connectivity index (χ1v) is 9.30. The number of carbonyl (C=O) groups excluding carboxylic acids is 1. The molecule has 0 saturated heterocycles. The second kappa shape index (κ2) is 6.54. The van der Waals surface area contributed by atoms with Crippen molar-refractivity contribution in [3.05, 3.63) is 41.2 Å². The zero-order valence-corrected chi connectivity index (χ0v) is 15.1. The third kappa shape index (κ3) is 3.20. The summed E-state index contributed by atoms with van der Waals surface area (Å²) < 4.78 is 28.3. The summed E-state index contributed by atoms with van der Waals surface area (Å²) in [4.78, 5) is 22.6. The fourth-order valence-electron chi connectivity index (χ4n) is 3.01. The average molecular weight is 378 g/mol. The highest BCUT2D eigenvalue weighted by atomic mass is 32.2. The SMILES string of the molecule is CC(=O)Nc1ccc(S(=O)(=O)N2CCc3nn(C)c(C(=O)O)c3C2)cc1. The minimum absolute atomic E-state index is 0.000839. The van der Waals surface area contributed by atoms with E-state index < -0.39 is 16.0 Å². The summed E-state index contributed by atoms with van der Waals surface area (Å²) in [5.74, 6) is -1.39. The first kappa shape index (κ1) is 18.1. The number of sulfonamides is 1. The van der Waals surface area contributed by atoms with Crippen LogP contribution in [0.25, 0.3) is 0 Å². The molecular weight excluding hydrogens is 360 g/mol. The fraction of sp³-hybridized carbons (Fsp3) is 0.312. The Hall–Kier alpha value is -2.72. The zero-order chi connectivity index (χ0) is 19.1. The number of aromatic carboxylic acids is 1. The molecule has 2 aromatic rings. The maximum absolute atomic E-state index is 12.9. The molecule has 138 valence electrons. The van der Waals surface area contributed by atoms with Gasteiger partial charge in [0, 0.05) is 44.7 Å². The van der Waals surface area contributed by atoms with Gasteiger partial charge in [0.25, 0.3) is 0 Å². The lowest BCUT2D eigenvalue weighted by Gasteiger charge is -2.26. The molecule has 0 spiro atoms. The van der Waals surface area contributed by atoms with Gasteiger partial charge in [0.1, 0.15) is 0 Å². The van der Waals surface area contributed by atoms with Crippen molar-refractivity contribution in [2.75, 3.05) is 11.9 Å². The number of anilines is 1. The van der Waals surface area contributed by atoms with Gasteiger partial charge < -0.3 is 10.4 Å². The van der Waals surface area contributed by atoms with E-state index in [1.54, 1.807) is 0 Å². The van der Waals surface area contributed by atoms with Gasteiger partial charge in [0.05, 0.1) is 10.6 Å². The van der Waals surface area contributed by atoms with Gasteiger partial charge in [-0.05, 0) is 24.3 Å². The summed E-state index contributed by atoms with van der Waals surface area (Å²) in [5.41, 5.74) is 1.53. The summed E-state index contributed by atoms with van der Waals surface area (Å²) in [7, 11) is -2.26. The van der Waals surface area contributed by atoms with Crippen LogP contribution in [0.3, 0.4) is 0 Å². The van der Waals surface area contributed by atoms with Crippen molar-refractivity contribution in [2.24, 2.45) is 7.05 Å². The van der Waals surface area contributed by atoms with E-state index in [2.05, 4.69) is 10.4 Å². The smallest absolute Gasteiger partial charge is 0.354 e. The van der Waals surface area contributed by atoms with E-state index in [-0.39, 0.29) is 29.6 Å². The highest BCUT2D eigenvalue weighted by molar-refractivity contribution is 7.89. The van der Waals surface area contributed by atoms with Crippen molar-refractivity contribution < 1.29 is 23.1 Å². The number of carboxylic acids is 1. The first-order valence-electron chi connectivity index (χ1n) is 7.86. The van der Waals surface area contributed by atoms with Gasteiger partial charge >= 0.3 is 5.97 Å². The van der Waals surface area contributed by atoms with E-state index in [4.69, 9.17) is 0 Å². The molecule has 0 atom stereocenters. The highest BCUT2D eigenvalue weighted by Gasteiger charge is 2.33. The fourth-order valence-corrected chi connectivity index (χ4v) is 4.42. The van der Waals surface area contributed by atoms with E-state index in [0.29, 0.717) is 23.4 Å². The molecule has 1 aliphatic heterocycles. The van der Waals surface area contributed by atoms with Crippen LogP contribution in [-0.2, 0) is 34.8 Å². The van der Waals surface area contributed by atoms with Gasteiger partial charge in [-0.25, -0.2) is 13.2 Å². The maximum Gasteiger partial charge on any atom is 0.354 e. The topological polar surface area (TPSA) is 122 Å². The lowest BCUT2D eigenvalue weighted by Crippen LogP contribution is -2.36. The Morgan fingerprint density at radius 3 is 2.46 bits per heavy atom. The van der Waals surface area contributed by atoms with Crippen LogP contribution < -0.4 is 5.32 Å². The highest BCUT2D eigenvalue weighted by Crippen LogP contribution is 2.27. The summed E-state index contributed by atoms with van der Waals surface area (Å²) in [5, 5.41) is 16.1. The Kier molecular flexibility index (Phi) is 4.55. The molecule has 0 fully saturated rings. The first-order chi connectivity index (χ1) is 12.2. The second-order valence-electron chi connectivity index (χ2n) is 6.00. The van der Waals surface area contributed by atoms with Crippen molar-refractivity contribution in [1.82, 2.24) is 14.1 Å². The minimum Gasteiger partial charge on any atom is -0.477 e. The summed E-state index contributed by atoms with van der Waals surface area (Å²) in [6.07, 6.45) is 0.347. The number of benzene rings is 1. The van der Waals surface area contributed by atoms with Gasteiger partial charge in [0.2, 0.25) is 15.9 Å². The van der Waals surface area contributed by atoms with Gasteiger partial charge in [-0.2, -0.15) is 9.40 Å². The van der Waals surface area contributed by atoms with Gasteiger partial charge in [0.15, 0.2) is 5.69 Å². The van der Waals surface area contributed by atoms with Crippen molar-refractivity contribution in [2.45, 2.75) is 24.8 Å². The quantitative estimate of drug-likeness (QED) is 0.812. The van der Waals surface area contributed by atoms with Gasteiger partial charge in [-0.3, -0.25) is 9.48 Å². The van der Waals surface area contributed by atoms with Crippen LogP contribution in [0.1, 0.15) is 28.7 Å². The van der Waals surface area contributed by atoms with E-state index in [0.717, 1.165) is 0 Å². The van der Waals surface area contributed by atoms with Crippen LogP contribution in [0.15, 0.2) is 29.2 Å². The molecule has 1 aromatic heterocycles. The standard InChI is InChI=1S/C16H18N4O5S/c1-10(21)17-11-3-5-12(6-4-11)26(24,25)20-8-7-14-13(9-20)15(16(22)23)19(2)18-14/h3-6H,7-9H2,1-2H3,(H,17,21)(H,22,23). The largest absolute Gasteiger partial charge is 0.477 e. The number of carboxylic acid groups (broad SMARTS) is 1. The van der Waals surface area contributed by atoms with E-state index in [9.17, 15) is 23.1 Å². The summed E-state index contributed by atoms with van der Waals surface area (Å²) in [6, 6.07) is 5.85.